The fourth-order valence-corrected chi connectivity index (χ4v) is 8.84. The van der Waals surface area contributed by atoms with Crippen molar-refractivity contribution in [3.8, 4) is 0 Å². The summed E-state index contributed by atoms with van der Waals surface area (Å²) in [5.74, 6) is 5.41. The third-order valence-electron chi connectivity index (χ3n) is 10.4. The molecule has 2 heteroatoms. The second kappa shape index (κ2) is 8.45. The molecule has 2 aliphatic carbocycles. The van der Waals surface area contributed by atoms with E-state index in [1.807, 2.05) is 0 Å². The second-order valence-electron chi connectivity index (χ2n) is 12.7. The molecule has 0 spiro atoms. The first-order chi connectivity index (χ1) is 13.7. The number of nitrogens with one attached hydrogen (secondary N) is 1. The highest BCUT2D eigenvalue weighted by molar-refractivity contribution is 5.11. The smallest absolute Gasteiger partial charge is 0.0541 e. The van der Waals surface area contributed by atoms with Crippen LogP contribution in [0, 0.1) is 40.9 Å². The molecule has 2 N–H and O–H groups in total. The Labute approximate surface area is 181 Å². The Morgan fingerprint density at radius 3 is 2.45 bits per heavy atom. The van der Waals surface area contributed by atoms with Crippen molar-refractivity contribution in [3.05, 3.63) is 0 Å². The lowest BCUT2D eigenvalue weighted by Crippen LogP contribution is -2.64. The van der Waals surface area contributed by atoms with E-state index in [9.17, 15) is 5.11 Å². The van der Waals surface area contributed by atoms with Crippen LogP contribution < -0.4 is 5.32 Å². The number of aliphatic hydroxyl groups is 1. The highest BCUT2D eigenvalue weighted by Crippen LogP contribution is 2.64. The van der Waals surface area contributed by atoms with E-state index in [1.165, 1.54) is 64.2 Å². The number of fused-ring (bicyclic) bond motifs is 6. The summed E-state index contributed by atoms with van der Waals surface area (Å²) in [6, 6.07) is 0.640. The maximum absolute atomic E-state index is 10.3. The molecule has 2 aliphatic heterocycles. The van der Waals surface area contributed by atoms with E-state index >= 15 is 0 Å². The van der Waals surface area contributed by atoms with E-state index < -0.39 is 0 Å². The van der Waals surface area contributed by atoms with Crippen LogP contribution >= 0.6 is 0 Å². The van der Waals surface area contributed by atoms with Crippen LogP contribution in [0.1, 0.15) is 112 Å². The van der Waals surface area contributed by atoms with Gasteiger partial charge in [-0.1, -0.05) is 47.0 Å². The van der Waals surface area contributed by atoms with Crippen molar-refractivity contribution in [2.75, 3.05) is 0 Å². The zero-order chi connectivity index (χ0) is 20.8. The predicted octanol–water partition coefficient (Wildman–Crippen LogP) is 6.56. The molecule has 168 valence electrons. The standard InChI is InChI=1S/C27H49NO/c1-18(2)7-6-8-19(3)23-11-12-24-22-17-20-9-10-21(29)13-16-27(5,28-20)25(22)14-15-26(23,24)4/h18-25,28-29H,6-17H2,1-5H3/t19-,20+,21-,22+,23-,24+,25+,26-,27-/m1/s1. The highest BCUT2D eigenvalue weighted by atomic mass is 16.3. The minimum atomic E-state index is -0.0631. The first-order valence-corrected chi connectivity index (χ1v) is 13.2. The van der Waals surface area contributed by atoms with Crippen LogP contribution in [0.5, 0.6) is 0 Å². The van der Waals surface area contributed by atoms with Gasteiger partial charge in [-0.2, -0.15) is 0 Å². The molecule has 2 bridgehead atoms. The largest absolute Gasteiger partial charge is 0.393 e. The molecule has 29 heavy (non-hydrogen) atoms. The fraction of sp³-hybridized carbons (Fsp3) is 1.00. The maximum atomic E-state index is 10.3. The summed E-state index contributed by atoms with van der Waals surface area (Å²) in [6.45, 7) is 12.5. The fourth-order valence-electron chi connectivity index (χ4n) is 8.84. The molecule has 0 amide bonds. The van der Waals surface area contributed by atoms with Gasteiger partial charge >= 0.3 is 0 Å². The van der Waals surface area contributed by atoms with E-state index in [0.29, 0.717) is 11.5 Å². The van der Waals surface area contributed by atoms with Crippen molar-refractivity contribution in [2.24, 2.45) is 40.9 Å². The van der Waals surface area contributed by atoms with Gasteiger partial charge in [0.15, 0.2) is 0 Å². The Kier molecular flexibility index (Phi) is 6.45. The Morgan fingerprint density at radius 2 is 1.69 bits per heavy atom. The summed E-state index contributed by atoms with van der Waals surface area (Å²) in [5, 5.41) is 14.4. The van der Waals surface area contributed by atoms with Crippen LogP contribution in [0.2, 0.25) is 0 Å². The normalized spacial score (nSPS) is 48.5. The molecule has 4 aliphatic rings. The van der Waals surface area contributed by atoms with Gasteiger partial charge in [0.1, 0.15) is 0 Å². The number of hydrogen-bond donors (Lipinski definition) is 2. The lowest BCUT2D eigenvalue weighted by Gasteiger charge is -2.59. The van der Waals surface area contributed by atoms with E-state index in [0.717, 1.165) is 48.3 Å². The topological polar surface area (TPSA) is 32.3 Å². The third kappa shape index (κ3) is 4.19. The average Bonchev–Trinajstić information content (AvgIpc) is 3.01. The average molecular weight is 404 g/mol. The van der Waals surface area contributed by atoms with Gasteiger partial charge < -0.3 is 10.4 Å². The molecular formula is C27H49NO. The van der Waals surface area contributed by atoms with Gasteiger partial charge in [0, 0.05) is 11.6 Å². The Morgan fingerprint density at radius 1 is 0.897 bits per heavy atom. The molecule has 2 saturated heterocycles. The van der Waals surface area contributed by atoms with Gasteiger partial charge in [-0.3, -0.25) is 0 Å². The number of aliphatic hydroxyl groups excluding tert-OH is 1. The molecule has 2 nitrogen and oxygen atoms in total. The van der Waals surface area contributed by atoms with E-state index in [1.54, 1.807) is 0 Å². The van der Waals surface area contributed by atoms with Gasteiger partial charge in [-0.15, -0.1) is 0 Å². The third-order valence-corrected chi connectivity index (χ3v) is 10.4. The summed E-state index contributed by atoms with van der Waals surface area (Å²) >= 11 is 0. The molecular weight excluding hydrogens is 354 g/mol. The Balaban J connectivity index is 1.49. The zero-order valence-corrected chi connectivity index (χ0v) is 20.1. The van der Waals surface area contributed by atoms with Crippen molar-refractivity contribution < 1.29 is 5.11 Å². The summed E-state index contributed by atoms with van der Waals surface area (Å²) in [4.78, 5) is 0. The molecule has 4 rings (SSSR count). The van der Waals surface area contributed by atoms with Crippen LogP contribution in [0.25, 0.3) is 0 Å². The molecule has 4 fully saturated rings. The monoisotopic (exact) mass is 403 g/mol. The maximum Gasteiger partial charge on any atom is 0.0541 e. The molecule has 2 saturated carbocycles. The zero-order valence-electron chi connectivity index (χ0n) is 20.1. The van der Waals surface area contributed by atoms with Crippen molar-refractivity contribution in [3.63, 3.8) is 0 Å². The summed E-state index contributed by atoms with van der Waals surface area (Å²) in [7, 11) is 0. The Bertz CT molecular complexity index is 561. The van der Waals surface area contributed by atoms with Crippen LogP contribution in [0.3, 0.4) is 0 Å². The van der Waals surface area contributed by atoms with Gasteiger partial charge in [0.2, 0.25) is 0 Å². The van der Waals surface area contributed by atoms with Gasteiger partial charge in [-0.05, 0) is 106 Å². The lowest BCUT2D eigenvalue weighted by molar-refractivity contribution is -0.0754. The summed E-state index contributed by atoms with van der Waals surface area (Å²) in [6.07, 6.45) is 15.8. The van der Waals surface area contributed by atoms with E-state index in [4.69, 9.17) is 0 Å². The van der Waals surface area contributed by atoms with E-state index in [-0.39, 0.29) is 11.6 Å². The summed E-state index contributed by atoms with van der Waals surface area (Å²) < 4.78 is 0. The SMILES string of the molecule is CC(C)CCC[C@@H](C)[C@H]1CC[C@H]2[C@@H]3C[C@@H]4CC[C@@H](O)CC[C@@](C)(N4)[C@H]3CC[C@]12C. The second-order valence-corrected chi connectivity index (χ2v) is 12.7. The van der Waals surface area contributed by atoms with Crippen LogP contribution in [0.4, 0.5) is 0 Å². The predicted molar refractivity (Wildman–Crippen MR) is 123 cm³/mol. The summed E-state index contributed by atoms with van der Waals surface area (Å²) in [5.41, 5.74) is 0.849. The van der Waals surface area contributed by atoms with Crippen LogP contribution in [0.15, 0.2) is 0 Å². The van der Waals surface area contributed by atoms with Crippen molar-refractivity contribution >= 4 is 0 Å². The quantitative estimate of drug-likeness (QED) is 0.544. The molecule has 0 aromatic rings. The molecule has 9 atom stereocenters. The van der Waals surface area contributed by atoms with Crippen molar-refractivity contribution in [2.45, 2.75) is 129 Å². The molecule has 0 radical (unpaired) electrons. The molecule has 0 aromatic carbocycles. The molecule has 0 aromatic heterocycles. The minimum Gasteiger partial charge on any atom is -0.393 e. The number of piperidine rings is 1. The van der Waals surface area contributed by atoms with Crippen molar-refractivity contribution in [1.29, 1.82) is 0 Å². The first-order valence-electron chi connectivity index (χ1n) is 13.2. The van der Waals surface area contributed by atoms with Gasteiger partial charge in [0.25, 0.3) is 0 Å². The van der Waals surface area contributed by atoms with Crippen molar-refractivity contribution in [1.82, 2.24) is 5.32 Å². The number of rotatable bonds is 5. The first kappa shape index (κ1) is 22.1. The van der Waals surface area contributed by atoms with Crippen LogP contribution in [-0.2, 0) is 0 Å². The molecule has 0 unspecified atom stereocenters. The number of hydrogen-bond acceptors (Lipinski definition) is 2. The Hall–Kier alpha value is -0.0800. The van der Waals surface area contributed by atoms with Crippen LogP contribution in [-0.4, -0.2) is 22.8 Å². The van der Waals surface area contributed by atoms with E-state index in [2.05, 4.69) is 39.9 Å². The lowest BCUT2D eigenvalue weighted by atomic mass is 9.50. The highest BCUT2D eigenvalue weighted by Gasteiger charge is 2.59. The molecule has 2 heterocycles. The minimum absolute atomic E-state index is 0.0631. The van der Waals surface area contributed by atoms with Gasteiger partial charge in [0.05, 0.1) is 6.10 Å². The van der Waals surface area contributed by atoms with Gasteiger partial charge in [-0.25, -0.2) is 0 Å².